The molecule has 1 aliphatic carbocycles. The Morgan fingerprint density at radius 3 is 2.52 bits per heavy atom. The number of pyridine rings is 1. The third kappa shape index (κ3) is 6.33. The highest BCUT2D eigenvalue weighted by molar-refractivity contribution is 8.01. The zero-order chi connectivity index (χ0) is 28.1. The summed E-state index contributed by atoms with van der Waals surface area (Å²) in [5.41, 5.74) is 4.40. The van der Waals surface area contributed by atoms with Crippen LogP contribution in [0.15, 0.2) is 57.9 Å². The first-order valence-corrected chi connectivity index (χ1v) is 14.9. The van der Waals surface area contributed by atoms with E-state index in [4.69, 9.17) is 4.98 Å². The summed E-state index contributed by atoms with van der Waals surface area (Å²) in [7, 11) is 1.85. The van der Waals surface area contributed by atoms with E-state index < -0.39 is 0 Å². The van der Waals surface area contributed by atoms with Crippen molar-refractivity contribution in [3.63, 3.8) is 0 Å². The summed E-state index contributed by atoms with van der Waals surface area (Å²) in [4.78, 5) is 35.6. The van der Waals surface area contributed by atoms with Crippen LogP contribution in [0.2, 0.25) is 0 Å². The number of hydrogen-bond acceptors (Lipinski definition) is 8. The molecule has 3 N–H and O–H groups in total. The van der Waals surface area contributed by atoms with Crippen LogP contribution in [0, 0.1) is 18.3 Å². The van der Waals surface area contributed by atoms with E-state index in [1.165, 1.54) is 29.5 Å². The molecule has 0 radical (unpaired) electrons. The second kappa shape index (κ2) is 12.6. The number of aromatic nitrogens is 2. The van der Waals surface area contributed by atoms with Gasteiger partial charge in [0.05, 0.1) is 26.9 Å². The average Bonchev–Trinajstić information content (AvgIpc) is 3.35. The Balaban J connectivity index is 1.33. The second-order valence-electron chi connectivity index (χ2n) is 9.82. The highest BCUT2D eigenvalue weighted by Gasteiger charge is 2.21. The molecular weight excluding hydrogens is 541 g/mol. The Kier molecular flexibility index (Phi) is 8.75. The maximum atomic E-state index is 13.3. The molecule has 2 heterocycles. The topological polar surface area (TPSA) is 120 Å². The maximum absolute atomic E-state index is 13.3. The van der Waals surface area contributed by atoms with Crippen LogP contribution in [0.4, 0.5) is 5.69 Å². The predicted octanol–water partition coefficient (Wildman–Crippen LogP) is 6.06. The Labute approximate surface area is 241 Å². The van der Waals surface area contributed by atoms with Gasteiger partial charge in [0, 0.05) is 24.0 Å². The number of anilines is 1. The Hall–Kier alpha value is -3.78. The van der Waals surface area contributed by atoms with Gasteiger partial charge in [0.1, 0.15) is 11.1 Å². The number of hydrogen-bond donors (Lipinski definition) is 3. The molecule has 2 amide bonds. The first-order chi connectivity index (χ1) is 19.4. The number of nitrogens with one attached hydrogen (secondary N) is 3. The van der Waals surface area contributed by atoms with Crippen molar-refractivity contribution in [2.75, 3.05) is 12.4 Å². The summed E-state index contributed by atoms with van der Waals surface area (Å²) in [5, 5.41) is 19.6. The molecule has 0 unspecified atom stereocenters. The Morgan fingerprint density at radius 1 is 1.05 bits per heavy atom. The normalized spacial score (nSPS) is 13.6. The highest BCUT2D eigenvalue weighted by atomic mass is 32.2. The molecule has 0 atom stereocenters. The molecule has 1 aliphatic rings. The molecule has 2 aromatic carbocycles. The fourth-order valence-electron chi connectivity index (χ4n) is 4.93. The van der Waals surface area contributed by atoms with Crippen LogP contribution in [0.1, 0.15) is 69.6 Å². The van der Waals surface area contributed by atoms with Crippen molar-refractivity contribution in [3.8, 4) is 6.07 Å². The lowest BCUT2D eigenvalue weighted by Gasteiger charge is -2.23. The number of carbonyl (C=O) groups excluding carboxylic acids is 2. The van der Waals surface area contributed by atoms with Crippen LogP contribution in [0.5, 0.6) is 0 Å². The van der Waals surface area contributed by atoms with Gasteiger partial charge in [-0.3, -0.25) is 9.59 Å². The first kappa shape index (κ1) is 27.8. The second-order valence-corrected chi connectivity index (χ2v) is 12.1. The number of benzene rings is 2. The van der Waals surface area contributed by atoms with Crippen molar-refractivity contribution in [3.05, 3.63) is 76.5 Å². The smallest absolute Gasteiger partial charge is 0.256 e. The molecule has 5 rings (SSSR count). The van der Waals surface area contributed by atoms with Crippen molar-refractivity contribution < 1.29 is 9.59 Å². The third-order valence-corrected chi connectivity index (χ3v) is 8.91. The molecule has 0 spiro atoms. The van der Waals surface area contributed by atoms with Gasteiger partial charge in [-0.15, -0.1) is 11.3 Å². The van der Waals surface area contributed by atoms with Crippen molar-refractivity contribution >= 4 is 50.8 Å². The van der Waals surface area contributed by atoms with Crippen molar-refractivity contribution in [1.29, 1.82) is 5.26 Å². The molecule has 4 aromatic rings. The highest BCUT2D eigenvalue weighted by Crippen LogP contribution is 2.37. The first-order valence-electron chi connectivity index (χ1n) is 13.3. The number of nitriles is 1. The summed E-state index contributed by atoms with van der Waals surface area (Å²) in [6, 6.07) is 16.8. The molecule has 40 heavy (non-hydrogen) atoms. The summed E-state index contributed by atoms with van der Waals surface area (Å²) in [6.07, 6.45) is 5.39. The zero-order valence-electron chi connectivity index (χ0n) is 22.4. The van der Waals surface area contributed by atoms with E-state index in [0.29, 0.717) is 33.9 Å². The van der Waals surface area contributed by atoms with E-state index in [9.17, 15) is 14.9 Å². The molecule has 204 valence electrons. The number of fused-ring (bicyclic) bond motifs is 1. The Bertz CT molecular complexity index is 1600. The van der Waals surface area contributed by atoms with Gasteiger partial charge in [-0.25, -0.2) is 9.97 Å². The van der Waals surface area contributed by atoms with E-state index in [1.54, 1.807) is 30.3 Å². The van der Waals surface area contributed by atoms with E-state index >= 15 is 0 Å². The van der Waals surface area contributed by atoms with Crippen LogP contribution < -0.4 is 16.0 Å². The Morgan fingerprint density at radius 2 is 1.80 bits per heavy atom. The van der Waals surface area contributed by atoms with Gasteiger partial charge in [0.15, 0.2) is 4.34 Å². The minimum Gasteiger partial charge on any atom is -0.349 e. The number of aryl methyl sites for hydroxylation is 1. The molecule has 8 nitrogen and oxygen atoms in total. The van der Waals surface area contributed by atoms with E-state index in [-0.39, 0.29) is 17.9 Å². The minimum atomic E-state index is -0.340. The van der Waals surface area contributed by atoms with Crippen molar-refractivity contribution in [2.24, 2.45) is 0 Å². The van der Waals surface area contributed by atoms with Gasteiger partial charge < -0.3 is 16.0 Å². The summed E-state index contributed by atoms with van der Waals surface area (Å²) < 4.78 is 1.65. The van der Waals surface area contributed by atoms with Crippen LogP contribution in [0.25, 0.3) is 10.2 Å². The van der Waals surface area contributed by atoms with E-state index in [0.717, 1.165) is 51.5 Å². The molecular formula is C30H30N6O2S2. The van der Waals surface area contributed by atoms with Crippen molar-refractivity contribution in [1.82, 2.24) is 20.6 Å². The monoisotopic (exact) mass is 570 g/mol. The molecule has 0 bridgehead atoms. The summed E-state index contributed by atoms with van der Waals surface area (Å²) in [6.45, 7) is 2.49. The number of thiazole rings is 1. The lowest BCUT2D eigenvalue weighted by molar-refractivity contribution is 0.0917. The molecule has 2 aromatic heterocycles. The van der Waals surface area contributed by atoms with Crippen LogP contribution in [-0.2, 0) is 6.54 Å². The van der Waals surface area contributed by atoms with Crippen molar-refractivity contribution in [2.45, 2.75) is 61.0 Å². The lowest BCUT2D eigenvalue weighted by atomic mass is 9.95. The van der Waals surface area contributed by atoms with Gasteiger partial charge in [0.25, 0.3) is 11.8 Å². The van der Waals surface area contributed by atoms with E-state index in [2.05, 4.69) is 27.0 Å². The summed E-state index contributed by atoms with van der Waals surface area (Å²) in [5.74, 6) is -0.552. The average molecular weight is 571 g/mol. The quantitative estimate of drug-likeness (QED) is 0.236. The van der Waals surface area contributed by atoms with E-state index in [1.807, 2.05) is 32.2 Å². The minimum absolute atomic E-state index is 0.160. The maximum Gasteiger partial charge on any atom is 0.256 e. The molecule has 1 saturated carbocycles. The third-order valence-electron chi connectivity index (χ3n) is 6.84. The fraction of sp³-hybridized carbons (Fsp3) is 0.300. The molecule has 0 saturated heterocycles. The number of rotatable bonds is 8. The number of amides is 2. The lowest BCUT2D eigenvalue weighted by Crippen LogP contribution is -2.37. The van der Waals surface area contributed by atoms with Gasteiger partial charge in [-0.05, 0) is 80.5 Å². The molecule has 1 fully saturated rings. The zero-order valence-corrected chi connectivity index (χ0v) is 24.0. The van der Waals surface area contributed by atoms with Gasteiger partial charge in [-0.1, -0.05) is 31.4 Å². The molecule has 10 heteroatoms. The standard InChI is InChI=1S/C30H30N6O2S2/c1-18-14-19(17-32-2)24(16-31)29(33-18)40-30-36-25-13-12-21(15-26(25)39-30)35-28(38)23-11-7-6-10-22(23)27(37)34-20-8-4-3-5-9-20/h6-7,10-15,20,32H,3-5,8-9,17H2,1-2H3,(H,34,37)(H,35,38). The predicted molar refractivity (Wildman–Crippen MR) is 159 cm³/mol. The number of nitrogens with zero attached hydrogens (tertiary/aromatic N) is 3. The van der Waals surface area contributed by atoms with Crippen LogP contribution in [-0.4, -0.2) is 34.9 Å². The van der Waals surface area contributed by atoms with Crippen LogP contribution >= 0.6 is 23.1 Å². The SMILES string of the molecule is CNCc1cc(C)nc(Sc2nc3ccc(NC(=O)c4ccccc4C(=O)NC4CCCCC4)cc3s2)c1C#N. The van der Waals surface area contributed by atoms with Gasteiger partial charge in [-0.2, -0.15) is 5.26 Å². The van der Waals surface area contributed by atoms with Gasteiger partial charge >= 0.3 is 0 Å². The fourth-order valence-corrected chi connectivity index (χ4v) is 7.12. The van der Waals surface area contributed by atoms with Gasteiger partial charge in [0.2, 0.25) is 0 Å². The summed E-state index contributed by atoms with van der Waals surface area (Å²) >= 11 is 2.84. The van der Waals surface area contributed by atoms with Crippen LogP contribution in [0.3, 0.4) is 0 Å². The largest absolute Gasteiger partial charge is 0.349 e. The number of carbonyl (C=O) groups is 2. The molecule has 0 aliphatic heterocycles.